The number of rotatable bonds is 6. The summed E-state index contributed by atoms with van der Waals surface area (Å²) in [5.41, 5.74) is 4.71. The molecule has 144 valence electrons. The van der Waals surface area contributed by atoms with Crippen molar-refractivity contribution in [2.75, 3.05) is 24.2 Å². The van der Waals surface area contributed by atoms with Gasteiger partial charge in [0.2, 0.25) is 11.8 Å². The number of anilines is 2. The summed E-state index contributed by atoms with van der Waals surface area (Å²) in [5, 5.41) is 6.39. The number of nitrogens with one attached hydrogen (secondary N) is 2. The largest absolute Gasteiger partial charge is 0.325 e. The average molecular weight is 388 g/mol. The molecule has 1 atom stereocenters. The third-order valence-electron chi connectivity index (χ3n) is 4.49. The molecule has 2 aromatic carbocycles. The third kappa shape index (κ3) is 5.81. The smallest absolute Gasteiger partial charge is 0.241 e. The summed E-state index contributed by atoms with van der Waals surface area (Å²) in [6.07, 6.45) is 0. The predicted octanol–water partition coefficient (Wildman–Crippen LogP) is 4.16. The lowest BCUT2D eigenvalue weighted by Gasteiger charge is -2.24. The molecule has 2 amide bonds. The van der Waals surface area contributed by atoms with Crippen LogP contribution in [0.25, 0.3) is 0 Å². The fraction of sp³-hybridized carbons (Fsp3) is 0.333. The lowest BCUT2D eigenvalue weighted by Crippen LogP contribution is -2.43. The van der Waals surface area contributed by atoms with Crippen molar-refractivity contribution in [2.45, 2.75) is 33.7 Å². The fourth-order valence-corrected chi connectivity index (χ4v) is 3.03. The van der Waals surface area contributed by atoms with Gasteiger partial charge in [0, 0.05) is 16.4 Å². The van der Waals surface area contributed by atoms with Gasteiger partial charge in [-0.25, -0.2) is 0 Å². The van der Waals surface area contributed by atoms with Gasteiger partial charge in [-0.15, -0.1) is 0 Å². The summed E-state index contributed by atoms with van der Waals surface area (Å²) in [4.78, 5) is 26.6. The van der Waals surface area contributed by atoms with Crippen molar-refractivity contribution < 1.29 is 9.59 Å². The number of nitrogens with zero attached hydrogens (tertiary/aromatic N) is 1. The van der Waals surface area contributed by atoms with E-state index < -0.39 is 6.04 Å². The molecule has 6 heteroatoms. The van der Waals surface area contributed by atoms with Gasteiger partial charge in [-0.1, -0.05) is 29.3 Å². The van der Waals surface area contributed by atoms with Gasteiger partial charge in [0.25, 0.3) is 0 Å². The first-order chi connectivity index (χ1) is 12.7. The molecule has 0 saturated carbocycles. The van der Waals surface area contributed by atoms with E-state index in [0.29, 0.717) is 10.7 Å². The zero-order valence-electron chi connectivity index (χ0n) is 16.4. The normalized spacial score (nSPS) is 12.0. The number of hydrogen-bond acceptors (Lipinski definition) is 3. The van der Waals surface area contributed by atoms with Gasteiger partial charge in [-0.2, -0.15) is 0 Å². The first-order valence-electron chi connectivity index (χ1n) is 8.81. The Morgan fingerprint density at radius 1 is 1.04 bits per heavy atom. The van der Waals surface area contributed by atoms with E-state index in [9.17, 15) is 9.59 Å². The molecule has 0 aliphatic carbocycles. The van der Waals surface area contributed by atoms with Crippen LogP contribution in [0.2, 0.25) is 5.02 Å². The van der Waals surface area contributed by atoms with Crippen molar-refractivity contribution >= 4 is 34.8 Å². The molecule has 0 aliphatic heterocycles. The Bertz CT molecular complexity index is 811. The molecule has 0 aromatic heterocycles. The molecule has 1 unspecified atom stereocenters. The molecule has 0 radical (unpaired) electrons. The summed E-state index contributed by atoms with van der Waals surface area (Å²) in [6, 6.07) is 10.5. The molecule has 0 saturated heterocycles. The van der Waals surface area contributed by atoms with Gasteiger partial charge < -0.3 is 10.6 Å². The molecular weight excluding hydrogens is 362 g/mol. The summed E-state index contributed by atoms with van der Waals surface area (Å²) in [6.45, 7) is 7.85. The molecule has 0 bridgehead atoms. The Labute approximate surface area is 165 Å². The zero-order chi connectivity index (χ0) is 20.1. The van der Waals surface area contributed by atoms with Crippen LogP contribution in [0.4, 0.5) is 11.4 Å². The summed E-state index contributed by atoms with van der Waals surface area (Å²) in [7, 11) is 1.75. The number of carbonyl (C=O) groups excluding carboxylic acids is 2. The maximum atomic E-state index is 12.4. The predicted molar refractivity (Wildman–Crippen MR) is 111 cm³/mol. The molecular formula is C21H26ClN3O2. The Kier molecular flexibility index (Phi) is 6.99. The second-order valence-electron chi connectivity index (χ2n) is 6.91. The average Bonchev–Trinajstić information content (AvgIpc) is 2.59. The maximum absolute atomic E-state index is 12.4. The lowest BCUT2D eigenvalue weighted by molar-refractivity contribution is -0.122. The number of benzene rings is 2. The van der Waals surface area contributed by atoms with Crippen molar-refractivity contribution in [1.82, 2.24) is 4.90 Å². The van der Waals surface area contributed by atoms with E-state index in [4.69, 9.17) is 11.6 Å². The Hall–Kier alpha value is -2.37. The fourth-order valence-electron chi connectivity index (χ4n) is 2.90. The molecule has 27 heavy (non-hydrogen) atoms. The number of amides is 2. The minimum Gasteiger partial charge on any atom is -0.325 e. The van der Waals surface area contributed by atoms with Crippen LogP contribution in [0.3, 0.4) is 0 Å². The number of aryl methyl sites for hydroxylation is 3. The topological polar surface area (TPSA) is 61.4 Å². The second kappa shape index (κ2) is 9.02. The number of hydrogen-bond donors (Lipinski definition) is 2. The van der Waals surface area contributed by atoms with Crippen LogP contribution in [0.1, 0.15) is 23.6 Å². The Morgan fingerprint density at radius 3 is 2.15 bits per heavy atom. The first kappa shape index (κ1) is 20.9. The van der Waals surface area contributed by atoms with Crippen LogP contribution in [0.15, 0.2) is 36.4 Å². The molecule has 2 aromatic rings. The standard InChI is InChI=1S/C21H26ClN3O2/c1-13-10-14(2)20(15(3)11-13)24-19(26)12-25(5)16(4)21(27)23-18-8-6-17(22)7-9-18/h6-11,16H,12H2,1-5H3,(H,23,27)(H,24,26). The van der Waals surface area contributed by atoms with Crippen molar-refractivity contribution in [3.8, 4) is 0 Å². The monoisotopic (exact) mass is 387 g/mol. The quantitative estimate of drug-likeness (QED) is 0.782. The SMILES string of the molecule is Cc1cc(C)c(NC(=O)CN(C)C(C)C(=O)Nc2ccc(Cl)cc2)c(C)c1. The van der Waals surface area contributed by atoms with Crippen molar-refractivity contribution in [3.63, 3.8) is 0 Å². The van der Waals surface area contributed by atoms with Crippen molar-refractivity contribution in [3.05, 3.63) is 58.1 Å². The van der Waals surface area contributed by atoms with Crippen LogP contribution in [0.5, 0.6) is 0 Å². The third-order valence-corrected chi connectivity index (χ3v) is 4.74. The number of likely N-dealkylation sites (N-methyl/N-ethyl adjacent to an activating group) is 1. The van der Waals surface area contributed by atoms with Gasteiger partial charge in [0.1, 0.15) is 0 Å². The molecule has 0 aliphatic rings. The van der Waals surface area contributed by atoms with Crippen molar-refractivity contribution in [1.29, 1.82) is 0 Å². The molecule has 5 nitrogen and oxygen atoms in total. The first-order valence-corrected chi connectivity index (χ1v) is 9.19. The van der Waals surface area contributed by atoms with Gasteiger partial charge in [0.15, 0.2) is 0 Å². The van der Waals surface area contributed by atoms with E-state index in [1.165, 1.54) is 0 Å². The molecule has 0 spiro atoms. The van der Waals surface area contributed by atoms with E-state index in [0.717, 1.165) is 22.4 Å². The van der Waals surface area contributed by atoms with Crippen LogP contribution in [0, 0.1) is 20.8 Å². The van der Waals surface area contributed by atoms with E-state index in [-0.39, 0.29) is 18.4 Å². The van der Waals surface area contributed by atoms with Crippen LogP contribution < -0.4 is 10.6 Å². The van der Waals surface area contributed by atoms with Crippen molar-refractivity contribution in [2.24, 2.45) is 0 Å². The maximum Gasteiger partial charge on any atom is 0.241 e. The van der Waals surface area contributed by atoms with Gasteiger partial charge >= 0.3 is 0 Å². The highest BCUT2D eigenvalue weighted by molar-refractivity contribution is 6.30. The van der Waals surface area contributed by atoms with E-state index in [1.807, 2.05) is 32.9 Å². The van der Waals surface area contributed by atoms with E-state index in [2.05, 4.69) is 10.6 Å². The Morgan fingerprint density at radius 2 is 1.59 bits per heavy atom. The molecule has 2 N–H and O–H groups in total. The number of carbonyl (C=O) groups is 2. The minimum atomic E-state index is -0.466. The highest BCUT2D eigenvalue weighted by atomic mass is 35.5. The molecule has 0 fully saturated rings. The van der Waals surface area contributed by atoms with Gasteiger partial charge in [0.05, 0.1) is 12.6 Å². The van der Waals surface area contributed by atoms with E-state index >= 15 is 0 Å². The number of halogens is 1. The summed E-state index contributed by atoms with van der Waals surface area (Å²) >= 11 is 5.85. The molecule has 0 heterocycles. The lowest BCUT2D eigenvalue weighted by atomic mass is 10.1. The highest BCUT2D eigenvalue weighted by Gasteiger charge is 2.21. The molecule has 2 rings (SSSR count). The van der Waals surface area contributed by atoms with E-state index in [1.54, 1.807) is 43.1 Å². The minimum absolute atomic E-state index is 0.113. The van der Waals surface area contributed by atoms with Crippen LogP contribution >= 0.6 is 11.6 Å². The summed E-state index contributed by atoms with van der Waals surface area (Å²) in [5.74, 6) is -0.339. The van der Waals surface area contributed by atoms with Gasteiger partial charge in [-0.3, -0.25) is 14.5 Å². The second-order valence-corrected chi connectivity index (χ2v) is 7.35. The van der Waals surface area contributed by atoms with Gasteiger partial charge in [-0.05, 0) is 70.1 Å². The van der Waals surface area contributed by atoms with Crippen LogP contribution in [-0.2, 0) is 9.59 Å². The highest BCUT2D eigenvalue weighted by Crippen LogP contribution is 2.22. The summed E-state index contributed by atoms with van der Waals surface area (Å²) < 4.78 is 0. The Balaban J connectivity index is 1.95. The van der Waals surface area contributed by atoms with Crippen LogP contribution in [-0.4, -0.2) is 36.3 Å². The zero-order valence-corrected chi connectivity index (χ0v) is 17.1.